The molecule has 1 atom stereocenters. The largest absolute Gasteiger partial charge is 0.463 e. The lowest BCUT2D eigenvalue weighted by Gasteiger charge is -2.29. The fraction of sp³-hybridized carbons (Fsp3) is 0.200. The Morgan fingerprint density at radius 3 is 2.77 bits per heavy atom. The summed E-state index contributed by atoms with van der Waals surface area (Å²) < 4.78 is 10.9. The van der Waals surface area contributed by atoms with Gasteiger partial charge in [-0.3, -0.25) is 0 Å². The number of thioether (sulfide) groups is 1. The van der Waals surface area contributed by atoms with Crippen LogP contribution < -0.4 is 10.6 Å². The van der Waals surface area contributed by atoms with Gasteiger partial charge in [-0.05, 0) is 36.8 Å². The van der Waals surface area contributed by atoms with Gasteiger partial charge in [-0.25, -0.2) is 9.59 Å². The average Bonchev–Trinajstić information content (AvgIpc) is 3.44. The van der Waals surface area contributed by atoms with Crippen molar-refractivity contribution in [1.29, 1.82) is 0 Å². The Morgan fingerprint density at radius 1 is 1.26 bits per heavy atom. The minimum absolute atomic E-state index is 0.202. The lowest BCUT2D eigenvalue weighted by molar-refractivity contribution is -0.139. The van der Waals surface area contributed by atoms with Crippen LogP contribution in [0.2, 0.25) is 5.02 Å². The van der Waals surface area contributed by atoms with Gasteiger partial charge in [0.05, 0.1) is 18.2 Å². The van der Waals surface area contributed by atoms with Crippen LogP contribution in [-0.2, 0) is 9.53 Å². The number of carbonyl (C=O) groups excluding carboxylic acids is 2. The minimum atomic E-state index is -0.683. The molecule has 0 bridgehead atoms. The van der Waals surface area contributed by atoms with E-state index in [1.54, 1.807) is 37.4 Å². The molecule has 9 nitrogen and oxygen atoms in total. The Kier molecular flexibility index (Phi) is 6.28. The first kappa shape index (κ1) is 21.0. The molecule has 0 saturated heterocycles. The van der Waals surface area contributed by atoms with Crippen molar-refractivity contribution in [2.24, 2.45) is 0 Å². The molecule has 4 rings (SSSR count). The number of hydrogen-bond donors (Lipinski definition) is 3. The van der Waals surface area contributed by atoms with E-state index < -0.39 is 18.0 Å². The zero-order chi connectivity index (χ0) is 21.8. The van der Waals surface area contributed by atoms with E-state index in [1.165, 1.54) is 11.8 Å². The number of aromatic nitrogens is 3. The van der Waals surface area contributed by atoms with Gasteiger partial charge in [-0.2, -0.15) is 0 Å². The smallest absolute Gasteiger partial charge is 0.338 e. The van der Waals surface area contributed by atoms with E-state index in [0.29, 0.717) is 38.7 Å². The molecule has 3 N–H and O–H groups in total. The second-order valence-corrected chi connectivity index (χ2v) is 7.80. The number of rotatable bonds is 7. The third-order valence-electron chi connectivity index (χ3n) is 4.43. The number of nitrogens with zero attached hydrogens (tertiary/aromatic N) is 2. The molecule has 3 heterocycles. The quantitative estimate of drug-likeness (QED) is 0.364. The van der Waals surface area contributed by atoms with Crippen LogP contribution in [-0.4, -0.2) is 39.5 Å². The van der Waals surface area contributed by atoms with Gasteiger partial charge in [-0.1, -0.05) is 35.5 Å². The summed E-state index contributed by atoms with van der Waals surface area (Å²) in [6.45, 7) is 1.92. The number of urea groups is 1. The van der Waals surface area contributed by atoms with Gasteiger partial charge in [0.15, 0.2) is 0 Å². The first-order valence-corrected chi connectivity index (χ1v) is 10.7. The summed E-state index contributed by atoms with van der Waals surface area (Å²) in [5.74, 6) is 0.0431. The first-order chi connectivity index (χ1) is 15.0. The zero-order valence-corrected chi connectivity index (χ0v) is 17.9. The highest BCUT2D eigenvalue weighted by atomic mass is 35.5. The fourth-order valence-electron chi connectivity index (χ4n) is 3.06. The molecule has 0 saturated carbocycles. The van der Waals surface area contributed by atoms with Crippen molar-refractivity contribution in [2.75, 3.05) is 12.4 Å². The predicted octanol–water partition coefficient (Wildman–Crippen LogP) is 3.68. The molecule has 3 aromatic rings. The van der Waals surface area contributed by atoms with E-state index in [9.17, 15) is 9.59 Å². The third-order valence-corrected chi connectivity index (χ3v) is 5.52. The number of halogens is 1. The highest BCUT2D eigenvalue weighted by Gasteiger charge is 2.33. The molecule has 1 aromatic carbocycles. The van der Waals surface area contributed by atoms with E-state index in [0.717, 1.165) is 0 Å². The summed E-state index contributed by atoms with van der Waals surface area (Å²) in [6.07, 6.45) is 1.75. The van der Waals surface area contributed by atoms with E-state index in [2.05, 4.69) is 25.8 Å². The maximum Gasteiger partial charge on any atom is 0.338 e. The number of esters is 1. The van der Waals surface area contributed by atoms with Crippen molar-refractivity contribution in [3.05, 3.63) is 64.5 Å². The molecule has 0 spiro atoms. The van der Waals surface area contributed by atoms with Crippen LogP contribution in [0.25, 0.3) is 11.6 Å². The molecular weight excluding hydrogens is 442 g/mol. The average molecular weight is 460 g/mol. The van der Waals surface area contributed by atoms with E-state index in [4.69, 9.17) is 20.8 Å². The van der Waals surface area contributed by atoms with Crippen LogP contribution in [0.4, 0.5) is 4.79 Å². The number of H-pyrrole nitrogens is 1. The Hall–Kier alpha value is -3.24. The normalized spacial score (nSPS) is 16.1. The van der Waals surface area contributed by atoms with E-state index >= 15 is 0 Å². The second-order valence-electron chi connectivity index (χ2n) is 6.44. The lowest BCUT2D eigenvalue weighted by Crippen LogP contribution is -2.46. The summed E-state index contributed by atoms with van der Waals surface area (Å²) in [5, 5.41) is 14.4. The van der Waals surface area contributed by atoms with Crippen molar-refractivity contribution < 1.29 is 18.7 Å². The summed E-state index contributed by atoms with van der Waals surface area (Å²) in [7, 11) is 0. The molecule has 31 heavy (non-hydrogen) atoms. The predicted molar refractivity (Wildman–Crippen MR) is 114 cm³/mol. The number of aromatic amines is 1. The first-order valence-electron chi connectivity index (χ1n) is 9.38. The summed E-state index contributed by atoms with van der Waals surface area (Å²) in [6, 6.07) is 9.43. The Bertz CT molecular complexity index is 1110. The lowest BCUT2D eigenvalue weighted by atomic mass is 9.95. The Balaban J connectivity index is 1.62. The zero-order valence-electron chi connectivity index (χ0n) is 16.3. The maximum absolute atomic E-state index is 12.8. The molecule has 1 aliphatic rings. The Labute approximate surface area is 186 Å². The number of hydrogen-bond acceptors (Lipinski definition) is 7. The molecule has 160 valence electrons. The van der Waals surface area contributed by atoms with E-state index in [1.807, 2.05) is 12.1 Å². The molecule has 1 aliphatic heterocycles. The summed E-state index contributed by atoms with van der Waals surface area (Å²) in [5.41, 5.74) is 2.12. The molecular formula is C20H18ClN5O4S. The van der Waals surface area contributed by atoms with Gasteiger partial charge in [-0.15, -0.1) is 10.2 Å². The van der Waals surface area contributed by atoms with Gasteiger partial charge < -0.3 is 24.8 Å². The van der Waals surface area contributed by atoms with Crippen LogP contribution in [0.5, 0.6) is 0 Å². The van der Waals surface area contributed by atoms with Gasteiger partial charge >= 0.3 is 12.0 Å². The van der Waals surface area contributed by atoms with Crippen molar-refractivity contribution in [3.8, 4) is 11.6 Å². The highest BCUT2D eigenvalue weighted by Crippen LogP contribution is 2.31. The molecule has 0 fully saturated rings. The molecule has 2 aromatic heterocycles. The van der Waals surface area contributed by atoms with Crippen LogP contribution in [0.15, 0.2) is 63.5 Å². The highest BCUT2D eigenvalue weighted by molar-refractivity contribution is 7.99. The van der Waals surface area contributed by atoms with Crippen molar-refractivity contribution in [2.45, 2.75) is 18.2 Å². The molecule has 0 aliphatic carbocycles. The number of carbonyl (C=O) groups is 2. The number of ether oxygens (including phenoxy) is 1. The number of benzene rings is 1. The van der Waals surface area contributed by atoms with Crippen molar-refractivity contribution in [1.82, 2.24) is 25.8 Å². The molecule has 0 radical (unpaired) electrons. The summed E-state index contributed by atoms with van der Waals surface area (Å²) >= 11 is 7.18. The van der Waals surface area contributed by atoms with Crippen LogP contribution in [0.3, 0.4) is 0 Å². The molecule has 2 amide bonds. The Morgan fingerprint density at radius 2 is 2.06 bits per heavy atom. The number of nitrogens with one attached hydrogen (secondary N) is 3. The fourth-order valence-corrected chi connectivity index (χ4v) is 3.92. The SMILES string of the molecule is CCOC(=O)C1=C(CSc2nnc(-c3ccc[nH]3)o2)NC(=O)NC1c1ccc(Cl)cc1. The van der Waals surface area contributed by atoms with Crippen LogP contribution in [0.1, 0.15) is 18.5 Å². The van der Waals surface area contributed by atoms with Gasteiger partial charge in [0.1, 0.15) is 5.69 Å². The topological polar surface area (TPSA) is 122 Å². The molecule has 11 heteroatoms. The van der Waals surface area contributed by atoms with Gasteiger partial charge in [0.2, 0.25) is 0 Å². The monoisotopic (exact) mass is 459 g/mol. The number of amides is 2. The second kappa shape index (κ2) is 9.27. The van der Waals surface area contributed by atoms with E-state index in [-0.39, 0.29) is 12.4 Å². The van der Waals surface area contributed by atoms with Crippen molar-refractivity contribution in [3.63, 3.8) is 0 Å². The van der Waals surface area contributed by atoms with Crippen molar-refractivity contribution >= 4 is 35.4 Å². The standard InChI is InChI=1S/C20H18ClN5O4S/c1-2-29-18(27)15-14(10-31-20-26-25-17(30-20)13-4-3-9-22-13)23-19(28)24-16(15)11-5-7-12(21)8-6-11/h3-9,16,22H,2,10H2,1H3,(H2,23,24,28). The summed E-state index contributed by atoms with van der Waals surface area (Å²) in [4.78, 5) is 28.1. The minimum Gasteiger partial charge on any atom is -0.463 e. The van der Waals surface area contributed by atoms with Gasteiger partial charge in [0, 0.05) is 22.7 Å². The third kappa shape index (κ3) is 4.75. The van der Waals surface area contributed by atoms with Crippen LogP contribution in [0, 0.1) is 0 Å². The van der Waals surface area contributed by atoms with Crippen LogP contribution >= 0.6 is 23.4 Å². The van der Waals surface area contributed by atoms with Gasteiger partial charge in [0.25, 0.3) is 11.1 Å². The molecule has 1 unspecified atom stereocenters. The maximum atomic E-state index is 12.8.